The summed E-state index contributed by atoms with van der Waals surface area (Å²) in [7, 11) is 1.65. The molecule has 1 fully saturated rings. The molecule has 0 aliphatic heterocycles. The molecule has 3 aromatic rings. The van der Waals surface area contributed by atoms with Gasteiger partial charge in [0.1, 0.15) is 0 Å². The minimum Gasteiger partial charge on any atom is -0.493 e. The molecule has 0 saturated heterocycles. The van der Waals surface area contributed by atoms with E-state index in [4.69, 9.17) is 14.2 Å². The molecule has 0 amide bonds. The maximum absolute atomic E-state index is 12.1. The van der Waals surface area contributed by atoms with Crippen molar-refractivity contribution in [2.24, 2.45) is 0 Å². The van der Waals surface area contributed by atoms with Crippen LogP contribution in [-0.4, -0.2) is 36.0 Å². The molecule has 1 heterocycles. The van der Waals surface area contributed by atoms with Crippen LogP contribution in [0.15, 0.2) is 60.8 Å². The number of hydrogen-bond acceptors (Lipinski definition) is 7. The molecule has 1 aliphatic rings. The smallest absolute Gasteiger partial charge is 0.338 e. The van der Waals surface area contributed by atoms with Crippen LogP contribution in [-0.2, 0) is 11.3 Å². The number of nitrogens with zero attached hydrogens (tertiary/aromatic N) is 3. The number of carbonyl (C=O) groups excluding carboxylic acids is 1. The molecule has 2 aromatic carbocycles. The molecule has 7 heteroatoms. The van der Waals surface area contributed by atoms with E-state index in [1.165, 1.54) is 12.8 Å². The number of methoxy groups -OCH3 is 1. The van der Waals surface area contributed by atoms with Gasteiger partial charge >= 0.3 is 5.97 Å². The van der Waals surface area contributed by atoms with Crippen molar-refractivity contribution in [2.45, 2.75) is 45.3 Å². The normalized spacial score (nSPS) is 13.5. The van der Waals surface area contributed by atoms with Gasteiger partial charge in [0.15, 0.2) is 11.5 Å². The zero-order valence-corrected chi connectivity index (χ0v) is 19.1. The first-order valence-corrected chi connectivity index (χ1v) is 11.3. The Balaban J connectivity index is 1.68. The maximum atomic E-state index is 12.1. The van der Waals surface area contributed by atoms with Crippen molar-refractivity contribution in [1.29, 1.82) is 0 Å². The average Bonchev–Trinajstić information content (AvgIpc) is 3.37. The summed E-state index contributed by atoms with van der Waals surface area (Å²) in [6.45, 7) is 2.64. The Morgan fingerprint density at radius 1 is 1.03 bits per heavy atom. The topological polar surface area (TPSA) is 73.8 Å². The predicted octanol–water partition coefficient (Wildman–Crippen LogP) is 5.32. The fourth-order valence-electron chi connectivity index (χ4n) is 4.01. The molecule has 172 valence electrons. The van der Waals surface area contributed by atoms with Crippen LogP contribution in [0.3, 0.4) is 0 Å². The van der Waals surface area contributed by atoms with Gasteiger partial charge in [-0.15, -0.1) is 0 Å². The van der Waals surface area contributed by atoms with Crippen LogP contribution in [0.2, 0.25) is 0 Å². The van der Waals surface area contributed by atoms with E-state index in [9.17, 15) is 4.79 Å². The Kier molecular flexibility index (Phi) is 7.40. The first kappa shape index (κ1) is 22.6. The van der Waals surface area contributed by atoms with Gasteiger partial charge in [0.05, 0.1) is 37.6 Å². The van der Waals surface area contributed by atoms with Crippen molar-refractivity contribution >= 4 is 17.3 Å². The van der Waals surface area contributed by atoms with Crippen molar-refractivity contribution in [3.8, 4) is 11.5 Å². The summed E-state index contributed by atoms with van der Waals surface area (Å²) < 4.78 is 17.0. The molecule has 0 spiro atoms. The van der Waals surface area contributed by atoms with E-state index in [1.807, 2.05) is 42.5 Å². The summed E-state index contributed by atoms with van der Waals surface area (Å²) >= 11 is 0. The van der Waals surface area contributed by atoms with Crippen LogP contribution in [0.5, 0.6) is 11.5 Å². The van der Waals surface area contributed by atoms with Crippen LogP contribution in [0.4, 0.5) is 11.4 Å². The van der Waals surface area contributed by atoms with E-state index in [0.717, 1.165) is 35.7 Å². The highest BCUT2D eigenvalue weighted by Gasteiger charge is 2.20. The minimum absolute atomic E-state index is 0.214. The predicted molar refractivity (Wildman–Crippen MR) is 126 cm³/mol. The largest absolute Gasteiger partial charge is 0.493 e. The van der Waals surface area contributed by atoms with Crippen molar-refractivity contribution in [3.63, 3.8) is 0 Å². The zero-order valence-electron chi connectivity index (χ0n) is 19.1. The lowest BCUT2D eigenvalue weighted by Gasteiger charge is -2.26. The van der Waals surface area contributed by atoms with Crippen LogP contribution >= 0.6 is 0 Å². The second-order valence-electron chi connectivity index (χ2n) is 7.93. The number of ether oxygens (including phenoxy) is 3. The Bertz CT molecular complexity index is 1050. The lowest BCUT2D eigenvalue weighted by molar-refractivity contribution is 0.0526. The number of carbonyl (C=O) groups is 1. The number of benzene rings is 2. The Morgan fingerprint density at radius 2 is 1.79 bits per heavy atom. The molecular formula is C26H29N3O4. The molecule has 0 N–H and O–H groups in total. The fourth-order valence-corrected chi connectivity index (χ4v) is 4.01. The number of rotatable bonds is 9. The number of hydrogen-bond donors (Lipinski definition) is 0. The summed E-state index contributed by atoms with van der Waals surface area (Å²) in [4.78, 5) is 14.2. The van der Waals surface area contributed by atoms with E-state index in [1.54, 1.807) is 32.4 Å². The zero-order chi connectivity index (χ0) is 23.0. The molecule has 1 aliphatic carbocycles. The molecule has 4 rings (SSSR count). The Labute approximate surface area is 194 Å². The van der Waals surface area contributed by atoms with Crippen LogP contribution in [0.25, 0.3) is 0 Å². The van der Waals surface area contributed by atoms with Crippen molar-refractivity contribution < 1.29 is 19.0 Å². The molecule has 0 unspecified atom stereocenters. The average molecular weight is 448 g/mol. The van der Waals surface area contributed by atoms with E-state index in [2.05, 4.69) is 15.1 Å². The first-order chi connectivity index (χ1) is 16.2. The third-order valence-electron chi connectivity index (χ3n) is 5.69. The molecule has 0 atom stereocenters. The van der Waals surface area contributed by atoms with Crippen LogP contribution in [0, 0.1) is 0 Å². The van der Waals surface area contributed by atoms with Crippen molar-refractivity contribution in [3.05, 3.63) is 72.1 Å². The van der Waals surface area contributed by atoms with Gasteiger partial charge in [-0.05, 0) is 81.1 Å². The highest BCUT2D eigenvalue weighted by Crippen LogP contribution is 2.37. The van der Waals surface area contributed by atoms with Gasteiger partial charge in [0.25, 0.3) is 0 Å². The maximum Gasteiger partial charge on any atom is 0.338 e. The van der Waals surface area contributed by atoms with Gasteiger partial charge in [0, 0.05) is 23.6 Å². The Hall–Kier alpha value is -3.61. The van der Waals surface area contributed by atoms with E-state index >= 15 is 0 Å². The summed E-state index contributed by atoms with van der Waals surface area (Å²) in [5.74, 6) is 1.11. The lowest BCUT2D eigenvalue weighted by atomic mass is 10.1. The van der Waals surface area contributed by atoms with Crippen LogP contribution < -0.4 is 14.4 Å². The van der Waals surface area contributed by atoms with E-state index in [0.29, 0.717) is 24.5 Å². The molecular weight excluding hydrogens is 418 g/mol. The third kappa shape index (κ3) is 5.61. The van der Waals surface area contributed by atoms with Gasteiger partial charge in [0.2, 0.25) is 0 Å². The van der Waals surface area contributed by atoms with Gasteiger partial charge < -0.3 is 19.1 Å². The summed E-state index contributed by atoms with van der Waals surface area (Å²) in [5.41, 5.74) is 3.17. The highest BCUT2D eigenvalue weighted by molar-refractivity contribution is 5.90. The first-order valence-electron chi connectivity index (χ1n) is 11.3. The second kappa shape index (κ2) is 10.8. The van der Waals surface area contributed by atoms with Gasteiger partial charge in [-0.3, -0.25) is 0 Å². The number of aromatic nitrogens is 2. The van der Waals surface area contributed by atoms with Crippen molar-refractivity contribution in [2.75, 3.05) is 18.6 Å². The molecule has 1 saturated carbocycles. The van der Waals surface area contributed by atoms with Crippen LogP contribution in [0.1, 0.15) is 48.7 Å². The molecule has 1 aromatic heterocycles. The van der Waals surface area contributed by atoms with E-state index in [-0.39, 0.29) is 12.1 Å². The molecule has 0 radical (unpaired) electrons. The molecule has 0 bridgehead atoms. The van der Waals surface area contributed by atoms with Gasteiger partial charge in [-0.2, -0.15) is 10.2 Å². The highest BCUT2D eigenvalue weighted by atomic mass is 16.5. The summed E-state index contributed by atoms with van der Waals surface area (Å²) in [6.07, 6.45) is 6.38. The number of anilines is 2. The standard InChI is InChI=1S/C26H29N3O4/c1-3-32-26(30)19-10-12-21(13-11-19)29(18-20-7-6-16-27-28-20)22-14-15-24(31-2)25(17-22)33-23-8-4-5-9-23/h6-7,10-17,23H,3-5,8-9,18H2,1-2H3. The monoisotopic (exact) mass is 447 g/mol. The Morgan fingerprint density at radius 3 is 2.45 bits per heavy atom. The second-order valence-corrected chi connectivity index (χ2v) is 7.93. The quantitative estimate of drug-likeness (QED) is 0.411. The molecule has 33 heavy (non-hydrogen) atoms. The van der Waals surface area contributed by atoms with Gasteiger partial charge in [-0.25, -0.2) is 4.79 Å². The SMILES string of the molecule is CCOC(=O)c1ccc(N(Cc2cccnn2)c2ccc(OC)c(OC3CCCC3)c2)cc1. The van der Waals surface area contributed by atoms with Gasteiger partial charge in [-0.1, -0.05) is 0 Å². The summed E-state index contributed by atoms with van der Waals surface area (Å²) in [5, 5.41) is 8.27. The summed E-state index contributed by atoms with van der Waals surface area (Å²) in [6, 6.07) is 17.1. The fraction of sp³-hybridized carbons (Fsp3) is 0.346. The number of esters is 1. The lowest BCUT2D eigenvalue weighted by Crippen LogP contribution is -2.18. The van der Waals surface area contributed by atoms with Crippen molar-refractivity contribution in [1.82, 2.24) is 10.2 Å². The minimum atomic E-state index is -0.332. The third-order valence-corrected chi connectivity index (χ3v) is 5.69. The van der Waals surface area contributed by atoms with E-state index < -0.39 is 0 Å². The molecule has 7 nitrogen and oxygen atoms in total.